The normalized spacial score (nSPS) is 11.6. The van der Waals surface area contributed by atoms with Crippen LogP contribution >= 0.6 is 15.9 Å². The van der Waals surface area contributed by atoms with Gasteiger partial charge in [0.05, 0.1) is 31.5 Å². The molecule has 36 heavy (non-hydrogen) atoms. The van der Waals surface area contributed by atoms with Crippen LogP contribution in [0.1, 0.15) is 36.7 Å². The highest BCUT2D eigenvalue weighted by atomic mass is 79.9. The summed E-state index contributed by atoms with van der Waals surface area (Å²) >= 11 is 3.40. The average Bonchev–Trinajstić information content (AvgIpc) is 2.86. The lowest BCUT2D eigenvalue weighted by atomic mass is 10.0. The Kier molecular flexibility index (Phi) is 11.2. The maximum Gasteiger partial charge on any atom is 0.343 e. The van der Waals surface area contributed by atoms with Gasteiger partial charge in [-0.05, 0) is 70.7 Å². The number of halogens is 1. The van der Waals surface area contributed by atoms with E-state index in [1.54, 1.807) is 43.5 Å². The molecule has 0 bridgehead atoms. The molecule has 1 unspecified atom stereocenters. The average molecular weight is 564 g/mol. The fourth-order valence-corrected chi connectivity index (χ4v) is 3.57. The number of hydrazone groups is 1. The molecule has 0 spiro atoms. The minimum absolute atomic E-state index is 0.188. The van der Waals surface area contributed by atoms with Gasteiger partial charge in [0.1, 0.15) is 11.8 Å². The highest BCUT2D eigenvalue weighted by Crippen LogP contribution is 2.36. The van der Waals surface area contributed by atoms with Gasteiger partial charge in [-0.3, -0.25) is 9.59 Å². The van der Waals surface area contributed by atoms with E-state index in [4.69, 9.17) is 14.2 Å². The summed E-state index contributed by atoms with van der Waals surface area (Å²) in [5.74, 6) is -0.224. The topological polar surface area (TPSA) is 125 Å². The van der Waals surface area contributed by atoms with E-state index < -0.39 is 17.9 Å². The number of hydrogen-bond donors (Lipinski definition) is 2. The molecule has 10 nitrogen and oxygen atoms in total. The Hall–Kier alpha value is -3.60. The SMILES string of the molecule is CCOc1cc(C=NNC(=O)C(NC(=O)c2ccc(OC)cc2)C(C)C)cc(Br)c1OCC(=O)OC. The zero-order valence-corrected chi connectivity index (χ0v) is 22.4. The molecule has 0 aromatic heterocycles. The lowest BCUT2D eigenvalue weighted by Gasteiger charge is -2.20. The zero-order valence-electron chi connectivity index (χ0n) is 20.8. The van der Waals surface area contributed by atoms with E-state index in [1.807, 2.05) is 20.8 Å². The van der Waals surface area contributed by atoms with Crippen molar-refractivity contribution in [2.24, 2.45) is 11.0 Å². The molecule has 194 valence electrons. The zero-order chi connectivity index (χ0) is 26.7. The number of nitrogens with zero attached hydrogens (tertiary/aromatic N) is 1. The summed E-state index contributed by atoms with van der Waals surface area (Å²) in [5, 5.41) is 6.76. The van der Waals surface area contributed by atoms with Crippen LogP contribution in [0.4, 0.5) is 0 Å². The third-order valence-corrected chi connectivity index (χ3v) is 5.46. The molecule has 1 atom stereocenters. The van der Waals surface area contributed by atoms with Crippen molar-refractivity contribution in [1.29, 1.82) is 0 Å². The second-order valence-corrected chi connectivity index (χ2v) is 8.64. The maximum absolute atomic E-state index is 12.8. The van der Waals surface area contributed by atoms with Gasteiger partial charge >= 0.3 is 5.97 Å². The molecule has 0 aliphatic carbocycles. The summed E-state index contributed by atoms with van der Waals surface area (Å²) in [6.45, 7) is 5.53. The minimum Gasteiger partial charge on any atom is -0.497 e. The van der Waals surface area contributed by atoms with Crippen molar-refractivity contribution in [3.63, 3.8) is 0 Å². The van der Waals surface area contributed by atoms with Crippen molar-refractivity contribution in [2.45, 2.75) is 26.8 Å². The first-order chi connectivity index (χ1) is 17.2. The Balaban J connectivity index is 2.09. The predicted molar refractivity (Wildman–Crippen MR) is 138 cm³/mol. The van der Waals surface area contributed by atoms with Crippen molar-refractivity contribution in [1.82, 2.24) is 10.7 Å². The largest absolute Gasteiger partial charge is 0.497 e. The van der Waals surface area contributed by atoms with E-state index in [9.17, 15) is 14.4 Å². The van der Waals surface area contributed by atoms with E-state index in [0.717, 1.165) is 0 Å². The lowest BCUT2D eigenvalue weighted by molar-refractivity contribution is -0.143. The molecular formula is C25H30BrN3O7. The van der Waals surface area contributed by atoms with E-state index in [0.29, 0.717) is 39.5 Å². The quantitative estimate of drug-likeness (QED) is 0.230. The van der Waals surface area contributed by atoms with Gasteiger partial charge in [-0.15, -0.1) is 0 Å². The number of hydrogen-bond acceptors (Lipinski definition) is 8. The lowest BCUT2D eigenvalue weighted by Crippen LogP contribution is -2.48. The summed E-state index contributed by atoms with van der Waals surface area (Å²) in [5.41, 5.74) is 3.47. The summed E-state index contributed by atoms with van der Waals surface area (Å²) in [6.07, 6.45) is 1.43. The van der Waals surface area contributed by atoms with Gasteiger partial charge in [-0.1, -0.05) is 13.8 Å². The number of amides is 2. The Morgan fingerprint density at radius 3 is 2.36 bits per heavy atom. The van der Waals surface area contributed by atoms with Crippen LogP contribution in [0.25, 0.3) is 0 Å². The molecule has 0 fully saturated rings. The van der Waals surface area contributed by atoms with Crippen LogP contribution < -0.4 is 25.0 Å². The number of esters is 1. The van der Waals surface area contributed by atoms with Gasteiger partial charge < -0.3 is 24.3 Å². The van der Waals surface area contributed by atoms with Crippen LogP contribution in [-0.2, 0) is 14.3 Å². The van der Waals surface area contributed by atoms with E-state index in [2.05, 4.69) is 36.5 Å². The molecule has 2 amide bonds. The number of nitrogens with one attached hydrogen (secondary N) is 2. The van der Waals surface area contributed by atoms with Gasteiger partial charge in [-0.2, -0.15) is 5.10 Å². The standard InChI is InChI=1S/C25H30BrN3O7/c1-6-35-20-12-16(11-19(26)23(20)36-14-21(30)34-5)13-27-29-25(32)22(15(2)3)28-24(31)17-7-9-18(33-4)10-8-17/h7-13,15,22H,6,14H2,1-5H3,(H,28,31)(H,29,32). The third-order valence-electron chi connectivity index (χ3n) is 4.87. The van der Waals surface area contributed by atoms with Crippen molar-refractivity contribution >= 4 is 39.9 Å². The summed E-state index contributed by atoms with van der Waals surface area (Å²) in [4.78, 5) is 36.8. The van der Waals surface area contributed by atoms with E-state index in [-0.39, 0.29) is 18.4 Å². The molecule has 2 aromatic rings. The molecule has 0 radical (unpaired) electrons. The summed E-state index contributed by atoms with van der Waals surface area (Å²) in [7, 11) is 2.81. The number of rotatable bonds is 12. The third kappa shape index (κ3) is 8.26. The van der Waals surface area contributed by atoms with Crippen LogP contribution in [0.5, 0.6) is 17.2 Å². The number of benzene rings is 2. The maximum atomic E-state index is 12.8. The van der Waals surface area contributed by atoms with Crippen molar-refractivity contribution in [3.8, 4) is 17.2 Å². The minimum atomic E-state index is -0.809. The summed E-state index contributed by atoms with van der Waals surface area (Å²) < 4.78 is 21.3. The second-order valence-electron chi connectivity index (χ2n) is 7.79. The Bertz CT molecular complexity index is 1090. The van der Waals surface area contributed by atoms with Crippen molar-refractivity contribution in [3.05, 3.63) is 52.0 Å². The van der Waals surface area contributed by atoms with Crippen LogP contribution in [0.15, 0.2) is 46.0 Å². The molecule has 0 aliphatic heterocycles. The predicted octanol–water partition coefficient (Wildman–Crippen LogP) is 3.31. The smallest absolute Gasteiger partial charge is 0.343 e. The van der Waals surface area contributed by atoms with Gasteiger partial charge in [0, 0.05) is 5.56 Å². The molecule has 11 heteroatoms. The first-order valence-electron chi connectivity index (χ1n) is 11.1. The summed E-state index contributed by atoms with van der Waals surface area (Å²) in [6, 6.07) is 9.12. The first kappa shape index (κ1) is 28.6. The van der Waals surface area contributed by atoms with Gasteiger partial charge in [0.15, 0.2) is 18.1 Å². The molecule has 0 saturated carbocycles. The van der Waals surface area contributed by atoms with Gasteiger partial charge in [0.25, 0.3) is 11.8 Å². The van der Waals surface area contributed by atoms with Gasteiger partial charge in [-0.25, -0.2) is 10.2 Å². The molecule has 0 aliphatic rings. The molecule has 2 rings (SSSR count). The number of carbonyl (C=O) groups is 3. The van der Waals surface area contributed by atoms with E-state index in [1.165, 1.54) is 13.3 Å². The fraction of sp³-hybridized carbons (Fsp3) is 0.360. The molecule has 2 N–H and O–H groups in total. The number of carbonyl (C=O) groups excluding carboxylic acids is 3. The van der Waals surface area contributed by atoms with Gasteiger partial charge in [0.2, 0.25) is 0 Å². The monoisotopic (exact) mass is 563 g/mol. The Labute approximate surface area is 218 Å². The Morgan fingerprint density at radius 1 is 1.08 bits per heavy atom. The molecular weight excluding hydrogens is 534 g/mol. The first-order valence-corrected chi connectivity index (χ1v) is 11.9. The highest BCUT2D eigenvalue weighted by Gasteiger charge is 2.24. The highest BCUT2D eigenvalue weighted by molar-refractivity contribution is 9.10. The fourth-order valence-electron chi connectivity index (χ4n) is 3.00. The molecule has 0 heterocycles. The molecule has 2 aromatic carbocycles. The Morgan fingerprint density at radius 2 is 1.78 bits per heavy atom. The van der Waals surface area contributed by atoms with Crippen LogP contribution in [-0.4, -0.2) is 57.5 Å². The van der Waals surface area contributed by atoms with Crippen LogP contribution in [0.3, 0.4) is 0 Å². The van der Waals surface area contributed by atoms with Crippen LogP contribution in [0.2, 0.25) is 0 Å². The number of ether oxygens (including phenoxy) is 4. The molecule has 0 saturated heterocycles. The van der Waals surface area contributed by atoms with Crippen LogP contribution in [0, 0.1) is 5.92 Å². The number of methoxy groups -OCH3 is 2. The van der Waals surface area contributed by atoms with Crippen molar-refractivity contribution in [2.75, 3.05) is 27.4 Å². The van der Waals surface area contributed by atoms with E-state index >= 15 is 0 Å². The second kappa shape index (κ2) is 14.1. The van der Waals surface area contributed by atoms with Crippen molar-refractivity contribution < 1.29 is 33.3 Å².